The highest BCUT2D eigenvalue weighted by Crippen LogP contribution is 2.22. The first-order valence-corrected chi connectivity index (χ1v) is 9.98. The number of rotatable bonds is 8. The van der Waals surface area contributed by atoms with E-state index >= 15 is 0 Å². The summed E-state index contributed by atoms with van der Waals surface area (Å²) in [5, 5.41) is 13.8. The lowest BCUT2D eigenvalue weighted by molar-refractivity contribution is 0.0973. The van der Waals surface area contributed by atoms with E-state index in [4.69, 9.17) is 4.74 Å². The topological polar surface area (TPSA) is 44.7 Å². The molecule has 0 bridgehead atoms. The Morgan fingerprint density at radius 3 is 2.37 bits per heavy atom. The summed E-state index contributed by atoms with van der Waals surface area (Å²) in [5.41, 5.74) is 3.60. The average Bonchev–Trinajstić information content (AvgIpc) is 2.68. The maximum atomic E-state index is 10.3. The molecule has 1 aliphatic rings. The Bertz CT molecular complexity index is 677. The molecule has 2 aromatic carbocycles. The van der Waals surface area contributed by atoms with Gasteiger partial charge in [0.2, 0.25) is 0 Å². The minimum atomic E-state index is -0.494. The molecule has 0 saturated carbocycles. The SMILES string of the molecule is Cc1cccc(C)c1OCC(O)CNC1CCN(Cc2ccccc2)CC1. The molecule has 4 nitrogen and oxygen atoms in total. The zero-order valence-electron chi connectivity index (χ0n) is 16.5. The lowest BCUT2D eigenvalue weighted by atomic mass is 10.0. The Labute approximate surface area is 163 Å². The number of hydrogen-bond acceptors (Lipinski definition) is 4. The predicted octanol–water partition coefficient (Wildman–Crippen LogP) is 3.30. The van der Waals surface area contributed by atoms with Crippen molar-refractivity contribution in [2.45, 2.75) is 45.4 Å². The lowest BCUT2D eigenvalue weighted by Gasteiger charge is -2.33. The summed E-state index contributed by atoms with van der Waals surface area (Å²) in [6.07, 6.45) is 1.75. The Morgan fingerprint density at radius 1 is 1.04 bits per heavy atom. The number of benzene rings is 2. The molecular weight excluding hydrogens is 336 g/mol. The van der Waals surface area contributed by atoms with Crippen LogP contribution < -0.4 is 10.1 Å². The predicted molar refractivity (Wildman–Crippen MR) is 110 cm³/mol. The highest BCUT2D eigenvalue weighted by Gasteiger charge is 2.20. The van der Waals surface area contributed by atoms with E-state index in [9.17, 15) is 5.11 Å². The van der Waals surface area contributed by atoms with Gasteiger partial charge in [-0.05, 0) is 56.5 Å². The molecule has 1 saturated heterocycles. The minimum absolute atomic E-state index is 0.325. The number of aliphatic hydroxyl groups excluding tert-OH is 1. The first kappa shape index (κ1) is 19.9. The molecule has 146 valence electrons. The molecule has 1 atom stereocenters. The van der Waals surface area contributed by atoms with E-state index in [0.717, 1.165) is 49.4 Å². The van der Waals surface area contributed by atoms with Crippen LogP contribution in [0.25, 0.3) is 0 Å². The normalized spacial score (nSPS) is 17.0. The molecule has 1 fully saturated rings. The van der Waals surface area contributed by atoms with Crippen LogP contribution in [-0.2, 0) is 6.54 Å². The summed E-state index contributed by atoms with van der Waals surface area (Å²) in [5.74, 6) is 0.894. The van der Waals surface area contributed by atoms with Crippen LogP contribution in [0.1, 0.15) is 29.5 Å². The second kappa shape index (κ2) is 9.88. The zero-order chi connectivity index (χ0) is 19.1. The van der Waals surface area contributed by atoms with Crippen molar-refractivity contribution >= 4 is 0 Å². The van der Waals surface area contributed by atoms with Gasteiger partial charge in [-0.2, -0.15) is 0 Å². The highest BCUT2D eigenvalue weighted by molar-refractivity contribution is 5.39. The van der Waals surface area contributed by atoms with Gasteiger partial charge in [-0.1, -0.05) is 48.5 Å². The van der Waals surface area contributed by atoms with Crippen molar-refractivity contribution in [2.24, 2.45) is 0 Å². The summed E-state index contributed by atoms with van der Waals surface area (Å²) < 4.78 is 5.85. The molecule has 3 rings (SSSR count). The third-order valence-electron chi connectivity index (χ3n) is 5.31. The summed E-state index contributed by atoms with van der Waals surface area (Å²) in [4.78, 5) is 2.51. The first-order chi connectivity index (χ1) is 13.1. The molecule has 4 heteroatoms. The van der Waals surface area contributed by atoms with Gasteiger partial charge in [-0.25, -0.2) is 0 Å². The van der Waals surface area contributed by atoms with Crippen molar-refractivity contribution in [1.29, 1.82) is 0 Å². The number of para-hydroxylation sites is 1. The van der Waals surface area contributed by atoms with Crippen molar-refractivity contribution in [3.63, 3.8) is 0 Å². The summed E-state index contributed by atoms with van der Waals surface area (Å²) >= 11 is 0. The van der Waals surface area contributed by atoms with Crippen LogP contribution in [0.3, 0.4) is 0 Å². The molecule has 0 aliphatic carbocycles. The van der Waals surface area contributed by atoms with E-state index < -0.39 is 6.10 Å². The van der Waals surface area contributed by atoms with Crippen LogP contribution in [0.2, 0.25) is 0 Å². The fraction of sp³-hybridized carbons (Fsp3) is 0.478. The average molecular weight is 369 g/mol. The fourth-order valence-electron chi connectivity index (χ4n) is 3.70. The number of ether oxygens (including phenoxy) is 1. The summed E-state index contributed by atoms with van der Waals surface area (Å²) in [7, 11) is 0. The Hall–Kier alpha value is -1.88. The first-order valence-electron chi connectivity index (χ1n) is 9.98. The largest absolute Gasteiger partial charge is 0.490 e. The summed E-state index contributed by atoms with van der Waals surface area (Å²) in [6.45, 7) is 8.20. The van der Waals surface area contributed by atoms with Crippen molar-refractivity contribution in [3.05, 3.63) is 65.2 Å². The van der Waals surface area contributed by atoms with Gasteiger partial charge in [0.05, 0.1) is 0 Å². The molecule has 0 radical (unpaired) electrons. The van der Waals surface area contributed by atoms with Crippen molar-refractivity contribution in [3.8, 4) is 5.75 Å². The van der Waals surface area contributed by atoms with Crippen LogP contribution in [-0.4, -0.2) is 48.4 Å². The number of nitrogens with zero attached hydrogens (tertiary/aromatic N) is 1. The molecule has 0 amide bonds. The van der Waals surface area contributed by atoms with E-state index in [0.29, 0.717) is 19.2 Å². The summed E-state index contributed by atoms with van der Waals surface area (Å²) in [6, 6.07) is 17.2. The van der Waals surface area contributed by atoms with Crippen molar-refractivity contribution in [2.75, 3.05) is 26.2 Å². The Kier molecular flexibility index (Phi) is 7.27. The van der Waals surface area contributed by atoms with Gasteiger partial charge in [-0.3, -0.25) is 4.90 Å². The van der Waals surface area contributed by atoms with E-state index in [2.05, 4.69) is 40.5 Å². The number of likely N-dealkylation sites (tertiary alicyclic amines) is 1. The molecule has 27 heavy (non-hydrogen) atoms. The van der Waals surface area contributed by atoms with Gasteiger partial charge in [0.15, 0.2) is 0 Å². The van der Waals surface area contributed by atoms with E-state index in [-0.39, 0.29) is 0 Å². The van der Waals surface area contributed by atoms with Crippen LogP contribution in [0, 0.1) is 13.8 Å². The third-order valence-corrected chi connectivity index (χ3v) is 5.31. The van der Waals surface area contributed by atoms with E-state index in [1.54, 1.807) is 0 Å². The van der Waals surface area contributed by atoms with Crippen LogP contribution in [0.15, 0.2) is 48.5 Å². The Balaban J connectivity index is 1.35. The van der Waals surface area contributed by atoms with Crippen LogP contribution >= 0.6 is 0 Å². The second-order valence-electron chi connectivity index (χ2n) is 7.63. The van der Waals surface area contributed by atoms with Crippen molar-refractivity contribution < 1.29 is 9.84 Å². The monoisotopic (exact) mass is 368 g/mol. The Morgan fingerprint density at radius 2 is 1.70 bits per heavy atom. The number of aryl methyl sites for hydroxylation is 2. The van der Waals surface area contributed by atoms with Crippen LogP contribution in [0.4, 0.5) is 0 Å². The van der Waals surface area contributed by atoms with Gasteiger partial charge in [0.25, 0.3) is 0 Å². The lowest BCUT2D eigenvalue weighted by Crippen LogP contribution is -2.45. The quantitative estimate of drug-likeness (QED) is 0.750. The van der Waals surface area contributed by atoms with Gasteiger partial charge in [-0.15, -0.1) is 0 Å². The van der Waals surface area contributed by atoms with Crippen molar-refractivity contribution in [1.82, 2.24) is 10.2 Å². The number of aliphatic hydroxyl groups is 1. The maximum Gasteiger partial charge on any atom is 0.125 e. The molecule has 0 spiro atoms. The van der Waals surface area contributed by atoms with Gasteiger partial charge >= 0.3 is 0 Å². The van der Waals surface area contributed by atoms with Gasteiger partial charge in [0.1, 0.15) is 18.5 Å². The van der Waals surface area contributed by atoms with E-state index in [1.807, 2.05) is 32.0 Å². The van der Waals surface area contributed by atoms with E-state index in [1.165, 1.54) is 5.56 Å². The number of nitrogens with one attached hydrogen (secondary N) is 1. The molecule has 2 aromatic rings. The molecule has 1 aliphatic heterocycles. The molecule has 1 heterocycles. The smallest absolute Gasteiger partial charge is 0.125 e. The fourth-order valence-corrected chi connectivity index (χ4v) is 3.70. The van der Waals surface area contributed by atoms with Gasteiger partial charge in [0, 0.05) is 19.1 Å². The molecular formula is C23H32N2O2. The number of piperidine rings is 1. The van der Waals surface area contributed by atoms with Crippen LogP contribution in [0.5, 0.6) is 5.75 Å². The molecule has 0 aromatic heterocycles. The standard InChI is InChI=1S/C23H32N2O2/c1-18-7-6-8-19(2)23(18)27-17-22(26)15-24-21-11-13-25(14-12-21)16-20-9-4-3-5-10-20/h3-10,21-22,24,26H,11-17H2,1-2H3. The number of hydrogen-bond donors (Lipinski definition) is 2. The minimum Gasteiger partial charge on any atom is -0.490 e. The second-order valence-corrected chi connectivity index (χ2v) is 7.63. The molecule has 2 N–H and O–H groups in total. The van der Waals surface area contributed by atoms with Gasteiger partial charge < -0.3 is 15.2 Å². The highest BCUT2D eigenvalue weighted by atomic mass is 16.5. The maximum absolute atomic E-state index is 10.3. The zero-order valence-corrected chi connectivity index (χ0v) is 16.5. The third kappa shape index (κ3) is 6.06. The molecule has 1 unspecified atom stereocenters.